The third kappa shape index (κ3) is 9.39. The van der Waals surface area contributed by atoms with Crippen LogP contribution < -0.4 is 9.47 Å². The van der Waals surface area contributed by atoms with Gasteiger partial charge in [-0.2, -0.15) is 0 Å². The number of esters is 2. The van der Waals surface area contributed by atoms with Crippen LogP contribution in [0.3, 0.4) is 0 Å². The molecule has 0 aliphatic carbocycles. The molecule has 1 unspecified atom stereocenters. The summed E-state index contributed by atoms with van der Waals surface area (Å²) >= 11 is 18.3. The van der Waals surface area contributed by atoms with Gasteiger partial charge in [0.1, 0.15) is 31.2 Å². The Morgan fingerprint density at radius 2 is 1.45 bits per heavy atom. The first-order valence-corrected chi connectivity index (χ1v) is 15.1. The van der Waals surface area contributed by atoms with Crippen molar-refractivity contribution in [3.8, 4) is 11.5 Å². The minimum absolute atomic E-state index is 0.0115. The molecule has 3 rings (SSSR count). The van der Waals surface area contributed by atoms with E-state index < -0.39 is 34.0 Å². The van der Waals surface area contributed by atoms with Gasteiger partial charge in [0, 0.05) is 33.5 Å². The van der Waals surface area contributed by atoms with Crippen LogP contribution >= 0.6 is 34.8 Å². The molecule has 1 saturated heterocycles. The highest BCUT2D eigenvalue weighted by atomic mass is 35.5. The van der Waals surface area contributed by atoms with Crippen LogP contribution in [0.25, 0.3) is 0 Å². The van der Waals surface area contributed by atoms with Crippen molar-refractivity contribution >= 4 is 56.6 Å². The van der Waals surface area contributed by atoms with Gasteiger partial charge in [0.25, 0.3) is 0 Å². The summed E-state index contributed by atoms with van der Waals surface area (Å²) < 4.78 is 53.6. The van der Waals surface area contributed by atoms with Gasteiger partial charge in [-0.3, -0.25) is 14.5 Å². The van der Waals surface area contributed by atoms with E-state index >= 15 is 0 Å². The molecular formula is C26H30Cl3NO9S. The molecule has 2 aromatic rings. The predicted octanol–water partition coefficient (Wildman–Crippen LogP) is 4.02. The number of sulfone groups is 1. The average Bonchev–Trinajstić information content (AvgIpc) is 2.90. The van der Waals surface area contributed by atoms with E-state index in [4.69, 9.17) is 58.5 Å². The van der Waals surface area contributed by atoms with Gasteiger partial charge in [-0.05, 0) is 36.4 Å². The van der Waals surface area contributed by atoms with Crippen molar-refractivity contribution in [2.45, 2.75) is 35.8 Å². The fourth-order valence-corrected chi connectivity index (χ4v) is 6.01. The topological polar surface area (TPSA) is 118 Å². The zero-order valence-electron chi connectivity index (χ0n) is 21.9. The maximum absolute atomic E-state index is 13.3. The van der Waals surface area contributed by atoms with Crippen LogP contribution in [0.4, 0.5) is 0 Å². The summed E-state index contributed by atoms with van der Waals surface area (Å²) in [5, 5.41) is -0.0853. The fraction of sp³-hybridized carbons (Fsp3) is 0.462. The lowest BCUT2D eigenvalue weighted by atomic mass is 10.3. The van der Waals surface area contributed by atoms with Crippen molar-refractivity contribution in [1.29, 1.82) is 0 Å². The molecule has 2 aromatic carbocycles. The SMILES string of the molecule is CC(=O)OC(CCl)COc1c(Cl)cc(S(=O)(=O)c2ccc(OC[C@@H](CN3CCOCC3)OC(C)=O)cc2)cc1Cl. The standard InChI is InChI=1S/C26H30Cl3NO9S/c1-17(31)38-20(13-27)15-37-26-24(28)11-23(12-25(26)29)40(33,34)22-5-3-19(4-6-22)36-16-21(39-18(2)32)14-30-7-9-35-10-8-30/h3-6,11-12,20-21H,7-10,13-16H2,1-2H3/t20?,21-/m1/s1. The third-order valence-electron chi connectivity index (χ3n) is 5.67. The quantitative estimate of drug-likeness (QED) is 0.235. The number of rotatable bonds is 13. The van der Waals surface area contributed by atoms with Crippen LogP contribution in [-0.4, -0.2) is 89.4 Å². The first kappa shape index (κ1) is 32.2. The first-order valence-electron chi connectivity index (χ1n) is 12.3. The van der Waals surface area contributed by atoms with Crippen LogP contribution in [0.5, 0.6) is 11.5 Å². The van der Waals surface area contributed by atoms with E-state index in [0.717, 1.165) is 13.1 Å². The summed E-state index contributed by atoms with van der Waals surface area (Å²) in [5.74, 6) is -0.520. The molecule has 1 aliphatic heterocycles. The Hall–Kier alpha value is -2.28. The Labute approximate surface area is 248 Å². The molecule has 2 atom stereocenters. The normalized spacial score (nSPS) is 15.6. The van der Waals surface area contributed by atoms with E-state index in [1.165, 1.54) is 50.2 Å². The Kier molecular flexibility index (Phi) is 12.2. The van der Waals surface area contributed by atoms with Gasteiger partial charge < -0.3 is 23.7 Å². The molecule has 0 radical (unpaired) electrons. The molecule has 1 fully saturated rings. The maximum Gasteiger partial charge on any atom is 0.303 e. The monoisotopic (exact) mass is 637 g/mol. The summed E-state index contributed by atoms with van der Waals surface area (Å²) in [6.45, 7) is 5.72. The van der Waals surface area contributed by atoms with Crippen molar-refractivity contribution in [2.75, 3.05) is 51.9 Å². The fourth-order valence-electron chi connectivity index (χ4n) is 3.82. The Morgan fingerprint density at radius 3 is 2.00 bits per heavy atom. The molecule has 0 spiro atoms. The van der Waals surface area contributed by atoms with Crippen LogP contribution in [0.15, 0.2) is 46.2 Å². The summed E-state index contributed by atoms with van der Waals surface area (Å²) in [7, 11) is -3.99. The van der Waals surface area contributed by atoms with Gasteiger partial charge in [0.2, 0.25) is 9.84 Å². The molecule has 0 saturated carbocycles. The van der Waals surface area contributed by atoms with Gasteiger partial charge in [-0.25, -0.2) is 8.42 Å². The number of carbonyl (C=O) groups is 2. The number of nitrogens with zero attached hydrogens (tertiary/aromatic N) is 1. The number of hydrogen-bond acceptors (Lipinski definition) is 10. The van der Waals surface area contributed by atoms with Gasteiger partial charge in [0.05, 0.1) is 38.9 Å². The van der Waals surface area contributed by atoms with Crippen LogP contribution in [-0.2, 0) is 33.6 Å². The summed E-state index contributed by atoms with van der Waals surface area (Å²) in [6.07, 6.45) is -1.24. The van der Waals surface area contributed by atoms with Gasteiger partial charge >= 0.3 is 11.9 Å². The number of alkyl halides is 1. The second kappa shape index (κ2) is 15.1. The summed E-state index contributed by atoms with van der Waals surface area (Å²) in [4.78, 5) is 24.7. The van der Waals surface area contributed by atoms with Gasteiger partial charge in [-0.1, -0.05) is 23.2 Å². The molecule has 0 amide bonds. The molecule has 1 heterocycles. The Morgan fingerprint density at radius 1 is 0.900 bits per heavy atom. The Bertz CT molecular complexity index is 1250. The lowest BCUT2D eigenvalue weighted by molar-refractivity contribution is -0.149. The molecule has 10 nitrogen and oxygen atoms in total. The minimum Gasteiger partial charge on any atom is -0.490 e. The van der Waals surface area contributed by atoms with E-state index in [0.29, 0.717) is 25.5 Å². The van der Waals surface area contributed by atoms with Crippen molar-refractivity contribution < 1.29 is 41.7 Å². The number of halogens is 3. The molecule has 0 aromatic heterocycles. The highest BCUT2D eigenvalue weighted by Gasteiger charge is 2.24. The van der Waals surface area contributed by atoms with E-state index in [2.05, 4.69) is 4.90 Å². The number of benzene rings is 2. The zero-order chi connectivity index (χ0) is 29.3. The zero-order valence-corrected chi connectivity index (χ0v) is 25.0. The maximum atomic E-state index is 13.3. The van der Waals surface area contributed by atoms with Gasteiger partial charge in [0.15, 0.2) is 5.75 Å². The van der Waals surface area contributed by atoms with E-state index in [1.807, 2.05) is 0 Å². The summed E-state index contributed by atoms with van der Waals surface area (Å²) in [5.41, 5.74) is 0. The second-order valence-corrected chi connectivity index (χ2v) is 11.9. The third-order valence-corrected chi connectivity index (χ3v) is 8.32. The van der Waals surface area contributed by atoms with E-state index in [-0.39, 0.29) is 44.7 Å². The predicted molar refractivity (Wildman–Crippen MR) is 148 cm³/mol. The largest absolute Gasteiger partial charge is 0.490 e. The van der Waals surface area contributed by atoms with Crippen molar-refractivity contribution in [3.63, 3.8) is 0 Å². The molecule has 40 heavy (non-hydrogen) atoms. The minimum atomic E-state index is -3.99. The number of hydrogen-bond donors (Lipinski definition) is 0. The summed E-state index contributed by atoms with van der Waals surface area (Å²) in [6, 6.07) is 8.25. The van der Waals surface area contributed by atoms with Gasteiger partial charge in [-0.15, -0.1) is 11.6 Å². The lowest BCUT2D eigenvalue weighted by Gasteiger charge is -2.30. The van der Waals surface area contributed by atoms with Crippen molar-refractivity contribution in [1.82, 2.24) is 4.90 Å². The van der Waals surface area contributed by atoms with Crippen molar-refractivity contribution in [3.05, 3.63) is 46.4 Å². The number of morpholine rings is 1. The highest BCUT2D eigenvalue weighted by Crippen LogP contribution is 2.37. The van der Waals surface area contributed by atoms with Crippen LogP contribution in [0.2, 0.25) is 10.0 Å². The molecule has 1 aliphatic rings. The Balaban J connectivity index is 1.67. The number of ether oxygens (including phenoxy) is 5. The second-order valence-electron chi connectivity index (χ2n) is 8.84. The van der Waals surface area contributed by atoms with Crippen LogP contribution in [0.1, 0.15) is 13.8 Å². The van der Waals surface area contributed by atoms with E-state index in [1.54, 1.807) is 0 Å². The smallest absolute Gasteiger partial charge is 0.303 e. The van der Waals surface area contributed by atoms with Crippen molar-refractivity contribution in [2.24, 2.45) is 0 Å². The molecular weight excluding hydrogens is 609 g/mol. The molecule has 0 bridgehead atoms. The molecule has 220 valence electrons. The average molecular weight is 639 g/mol. The lowest BCUT2D eigenvalue weighted by Crippen LogP contribution is -2.43. The molecule has 14 heteroatoms. The van der Waals surface area contributed by atoms with E-state index in [9.17, 15) is 18.0 Å². The van der Waals surface area contributed by atoms with Crippen LogP contribution in [0, 0.1) is 0 Å². The first-order chi connectivity index (χ1) is 19.0. The number of carbonyl (C=O) groups excluding carboxylic acids is 2. The molecule has 0 N–H and O–H groups in total. The highest BCUT2D eigenvalue weighted by molar-refractivity contribution is 7.91.